The van der Waals surface area contributed by atoms with Crippen LogP contribution in [0.15, 0.2) is 24.3 Å². The predicted octanol–water partition coefficient (Wildman–Crippen LogP) is 1.19. The minimum Gasteiger partial charge on any atom is -0.493 e. The molecule has 0 radical (unpaired) electrons. The summed E-state index contributed by atoms with van der Waals surface area (Å²) in [5, 5.41) is 16.2. The average Bonchev–Trinajstić information content (AvgIpc) is 2.90. The molecule has 1 heterocycles. The van der Waals surface area contributed by atoms with Gasteiger partial charge in [-0.1, -0.05) is 6.07 Å². The highest BCUT2D eigenvalue weighted by molar-refractivity contribution is 5.77. The first-order chi connectivity index (χ1) is 11.9. The molecule has 0 amide bonds. The van der Waals surface area contributed by atoms with Crippen LogP contribution in [-0.2, 0) is 11.8 Å². The molecule has 1 unspecified atom stereocenters. The van der Waals surface area contributed by atoms with Crippen molar-refractivity contribution in [3.8, 4) is 5.75 Å². The van der Waals surface area contributed by atoms with Crippen LogP contribution in [-0.4, -0.2) is 52.1 Å². The number of likely N-dealkylation sites (N-methyl/N-ethyl adjacent to an activating group) is 1. The minimum absolute atomic E-state index is 0.234. The number of nitrogens with zero attached hydrogens (tertiary/aromatic N) is 4. The molecule has 0 aliphatic carbocycles. The molecule has 136 valence electrons. The Bertz CT molecular complexity index is 718. The van der Waals surface area contributed by atoms with Crippen molar-refractivity contribution in [2.75, 3.05) is 36.1 Å². The summed E-state index contributed by atoms with van der Waals surface area (Å²) >= 11 is 0. The Kier molecular flexibility index (Phi) is 6.04. The van der Waals surface area contributed by atoms with Crippen molar-refractivity contribution in [2.24, 2.45) is 7.05 Å². The van der Waals surface area contributed by atoms with Crippen molar-refractivity contribution in [2.45, 2.75) is 19.4 Å². The molecule has 9 nitrogen and oxygen atoms in total. The number of aliphatic carboxylic acids is 1. The van der Waals surface area contributed by atoms with Crippen LogP contribution < -0.4 is 20.7 Å². The van der Waals surface area contributed by atoms with Gasteiger partial charge in [0.1, 0.15) is 11.8 Å². The second-order valence-corrected chi connectivity index (χ2v) is 5.67. The number of carboxylic acids is 1. The number of nitrogen functional groups attached to an aromatic ring is 1. The van der Waals surface area contributed by atoms with Gasteiger partial charge in [-0.05, 0) is 25.5 Å². The average molecular weight is 348 g/mol. The van der Waals surface area contributed by atoms with E-state index in [-0.39, 0.29) is 5.95 Å². The van der Waals surface area contributed by atoms with E-state index < -0.39 is 12.0 Å². The van der Waals surface area contributed by atoms with E-state index >= 15 is 0 Å². The van der Waals surface area contributed by atoms with Gasteiger partial charge in [0.25, 0.3) is 0 Å². The van der Waals surface area contributed by atoms with E-state index in [0.29, 0.717) is 24.8 Å². The highest BCUT2D eigenvalue weighted by atomic mass is 16.5. The van der Waals surface area contributed by atoms with Crippen molar-refractivity contribution in [3.05, 3.63) is 24.3 Å². The summed E-state index contributed by atoms with van der Waals surface area (Å²) in [6, 6.07) is 6.76. The van der Waals surface area contributed by atoms with Gasteiger partial charge in [-0.3, -0.25) is 0 Å². The van der Waals surface area contributed by atoms with Gasteiger partial charge in [-0.25, -0.2) is 9.48 Å². The lowest BCUT2D eigenvalue weighted by atomic mass is 10.2. The van der Waals surface area contributed by atoms with Gasteiger partial charge in [-0.2, -0.15) is 4.98 Å². The summed E-state index contributed by atoms with van der Waals surface area (Å²) in [5.41, 5.74) is 6.31. The van der Waals surface area contributed by atoms with Crippen molar-refractivity contribution in [1.29, 1.82) is 0 Å². The van der Waals surface area contributed by atoms with Crippen LogP contribution in [0.2, 0.25) is 0 Å². The molecule has 0 saturated carbocycles. The van der Waals surface area contributed by atoms with E-state index in [9.17, 15) is 4.79 Å². The molecular weight excluding hydrogens is 324 g/mol. The molecule has 1 atom stereocenters. The number of nitrogens with one attached hydrogen (secondary N) is 1. The number of hydrogen-bond acceptors (Lipinski definition) is 7. The standard InChI is InChI=1S/C16H24N6O3/c1-11(14(23)24)21(2)12-6-4-7-13(10-12)25-9-5-8-18-16-19-15(17)20-22(16)3/h4,6-7,10-11H,5,8-9H2,1-3H3,(H,23,24)(H3,17,18,19,20). The maximum absolute atomic E-state index is 11.1. The first kappa shape index (κ1) is 18.4. The Hall–Kier alpha value is -2.97. The van der Waals surface area contributed by atoms with Crippen LogP contribution >= 0.6 is 0 Å². The largest absolute Gasteiger partial charge is 0.493 e. The topological polar surface area (TPSA) is 119 Å². The molecule has 0 aliphatic heterocycles. The summed E-state index contributed by atoms with van der Waals surface area (Å²) in [6.07, 6.45) is 0.762. The minimum atomic E-state index is -0.871. The van der Waals surface area contributed by atoms with E-state index in [1.807, 2.05) is 24.3 Å². The lowest BCUT2D eigenvalue weighted by Crippen LogP contribution is -2.35. The number of carbonyl (C=O) groups is 1. The first-order valence-electron chi connectivity index (χ1n) is 7.97. The molecule has 0 bridgehead atoms. The van der Waals surface area contributed by atoms with Crippen molar-refractivity contribution < 1.29 is 14.6 Å². The third kappa shape index (κ3) is 5.00. The van der Waals surface area contributed by atoms with Gasteiger partial charge in [-0.15, -0.1) is 5.10 Å². The molecule has 0 saturated heterocycles. The summed E-state index contributed by atoms with van der Waals surface area (Å²) in [4.78, 5) is 16.8. The van der Waals surface area contributed by atoms with Crippen LogP contribution in [0.5, 0.6) is 5.75 Å². The Morgan fingerprint density at radius 3 is 2.92 bits per heavy atom. The number of nitrogens with two attached hydrogens (primary N) is 1. The quantitative estimate of drug-likeness (QED) is 0.578. The first-order valence-corrected chi connectivity index (χ1v) is 7.97. The summed E-state index contributed by atoms with van der Waals surface area (Å²) in [7, 11) is 3.51. The van der Waals surface area contributed by atoms with E-state index in [0.717, 1.165) is 12.1 Å². The predicted molar refractivity (Wildman–Crippen MR) is 96.0 cm³/mol. The highest BCUT2D eigenvalue weighted by Gasteiger charge is 2.17. The zero-order valence-electron chi connectivity index (χ0n) is 14.6. The monoisotopic (exact) mass is 348 g/mol. The normalized spacial score (nSPS) is 11.8. The zero-order chi connectivity index (χ0) is 18.4. The van der Waals surface area contributed by atoms with E-state index in [1.54, 1.807) is 30.6 Å². The van der Waals surface area contributed by atoms with E-state index in [1.165, 1.54) is 0 Å². The van der Waals surface area contributed by atoms with Gasteiger partial charge in [0.15, 0.2) is 0 Å². The fourth-order valence-corrected chi connectivity index (χ4v) is 2.20. The van der Waals surface area contributed by atoms with Gasteiger partial charge >= 0.3 is 5.97 Å². The smallest absolute Gasteiger partial charge is 0.326 e. The molecule has 25 heavy (non-hydrogen) atoms. The number of anilines is 3. The van der Waals surface area contributed by atoms with E-state index in [4.69, 9.17) is 15.6 Å². The molecule has 2 aromatic rings. The van der Waals surface area contributed by atoms with Gasteiger partial charge in [0.2, 0.25) is 11.9 Å². The molecule has 1 aromatic heterocycles. The third-order valence-corrected chi connectivity index (χ3v) is 3.82. The molecule has 4 N–H and O–H groups in total. The summed E-state index contributed by atoms with van der Waals surface area (Å²) < 4.78 is 7.31. The maximum Gasteiger partial charge on any atom is 0.326 e. The SMILES string of the molecule is CC(C(=O)O)N(C)c1cccc(OCCCNc2nc(N)nn2C)c1. The lowest BCUT2D eigenvalue weighted by Gasteiger charge is -2.24. The Morgan fingerprint density at radius 1 is 1.52 bits per heavy atom. The summed E-state index contributed by atoms with van der Waals surface area (Å²) in [5.74, 6) is 0.677. The number of aryl methyl sites for hydroxylation is 1. The molecule has 0 fully saturated rings. The van der Waals surface area contributed by atoms with Gasteiger partial charge in [0.05, 0.1) is 6.61 Å². The number of benzene rings is 1. The van der Waals surface area contributed by atoms with Crippen molar-refractivity contribution >= 4 is 23.6 Å². The second-order valence-electron chi connectivity index (χ2n) is 5.67. The fraction of sp³-hybridized carbons (Fsp3) is 0.438. The number of aromatic nitrogens is 3. The van der Waals surface area contributed by atoms with Crippen LogP contribution in [0.3, 0.4) is 0 Å². The van der Waals surface area contributed by atoms with Gasteiger partial charge < -0.3 is 25.8 Å². The second kappa shape index (κ2) is 8.22. The summed E-state index contributed by atoms with van der Waals surface area (Å²) in [6.45, 7) is 2.82. The lowest BCUT2D eigenvalue weighted by molar-refractivity contribution is -0.138. The number of carboxylic acid groups (broad SMARTS) is 1. The highest BCUT2D eigenvalue weighted by Crippen LogP contribution is 2.22. The number of hydrogen-bond donors (Lipinski definition) is 3. The van der Waals surface area contributed by atoms with E-state index in [2.05, 4.69) is 15.4 Å². The van der Waals surface area contributed by atoms with Crippen LogP contribution in [0.4, 0.5) is 17.6 Å². The number of ether oxygens (including phenoxy) is 1. The molecule has 2 rings (SSSR count). The van der Waals surface area contributed by atoms with Crippen molar-refractivity contribution in [3.63, 3.8) is 0 Å². The third-order valence-electron chi connectivity index (χ3n) is 3.82. The molecule has 0 spiro atoms. The van der Waals surface area contributed by atoms with Gasteiger partial charge in [0, 0.05) is 32.4 Å². The van der Waals surface area contributed by atoms with Crippen LogP contribution in [0.25, 0.3) is 0 Å². The molecular formula is C16H24N6O3. The molecule has 9 heteroatoms. The van der Waals surface area contributed by atoms with Crippen molar-refractivity contribution in [1.82, 2.24) is 14.8 Å². The number of rotatable bonds is 9. The Morgan fingerprint density at radius 2 is 2.28 bits per heavy atom. The van der Waals surface area contributed by atoms with Crippen LogP contribution in [0.1, 0.15) is 13.3 Å². The maximum atomic E-state index is 11.1. The Labute approximate surface area is 146 Å². The fourth-order valence-electron chi connectivity index (χ4n) is 2.20. The molecule has 1 aromatic carbocycles. The van der Waals surface area contributed by atoms with Crippen LogP contribution in [0, 0.1) is 0 Å². The zero-order valence-corrected chi connectivity index (χ0v) is 14.6. The Balaban J connectivity index is 1.80. The molecule has 0 aliphatic rings.